The maximum atomic E-state index is 13.8. The number of alkyl halides is 5. The van der Waals surface area contributed by atoms with E-state index in [0.717, 1.165) is 6.92 Å². The fourth-order valence-electron chi connectivity index (χ4n) is 2.53. The summed E-state index contributed by atoms with van der Waals surface area (Å²) >= 11 is 0. The molecule has 1 aliphatic carbocycles. The molecule has 1 saturated carbocycles. The molecule has 1 N–H and O–H groups in total. The van der Waals surface area contributed by atoms with Crippen LogP contribution in [-0.2, 0) is 32.7 Å². The molecule has 1 fully saturated rings. The molecule has 0 aliphatic heterocycles. The minimum atomic E-state index is -4.14. The van der Waals surface area contributed by atoms with Gasteiger partial charge in [-0.25, -0.2) is 22.0 Å². The largest absolute Gasteiger partial charge is 0.384 e. The Morgan fingerprint density at radius 1 is 1.33 bits per heavy atom. The van der Waals surface area contributed by atoms with E-state index in [1.807, 2.05) is 0 Å². The van der Waals surface area contributed by atoms with Gasteiger partial charge in [0.2, 0.25) is 0 Å². The molecule has 1 nitrogen and oxygen atoms in total. The van der Waals surface area contributed by atoms with Gasteiger partial charge in [0.15, 0.2) is 0 Å². The van der Waals surface area contributed by atoms with Gasteiger partial charge in [-0.1, -0.05) is 13.3 Å². The summed E-state index contributed by atoms with van der Waals surface area (Å²) in [5, 5.41) is 9.61. The van der Waals surface area contributed by atoms with Crippen LogP contribution in [0.25, 0.3) is 0 Å². The average Bonchev–Trinajstić information content (AvgIpc) is 2.09. The third-order valence-electron chi connectivity index (χ3n) is 3.61. The summed E-state index contributed by atoms with van der Waals surface area (Å²) in [6, 6.07) is 0. The van der Waals surface area contributed by atoms with Gasteiger partial charge in [-0.2, -0.15) is 0 Å². The molecule has 105 valence electrons. The van der Waals surface area contributed by atoms with Gasteiger partial charge in [-0.05, 0) is 26.2 Å². The Bertz CT molecular complexity index is 290. The Balaban J connectivity index is 0.00000289. The van der Waals surface area contributed by atoms with Crippen LogP contribution >= 0.6 is 0 Å². The summed E-state index contributed by atoms with van der Waals surface area (Å²) < 4.78 is 67.6. The van der Waals surface area contributed by atoms with Crippen LogP contribution in [0.15, 0.2) is 0 Å². The van der Waals surface area contributed by atoms with E-state index >= 15 is 0 Å². The predicted octanol–water partition coefficient (Wildman–Crippen LogP) is 3.41. The van der Waals surface area contributed by atoms with Gasteiger partial charge in [-0.15, -0.1) is 0 Å². The van der Waals surface area contributed by atoms with Crippen molar-refractivity contribution in [1.82, 2.24) is 0 Å². The summed E-state index contributed by atoms with van der Waals surface area (Å²) in [6.07, 6.45) is -2.68. The third kappa shape index (κ3) is 3.06. The number of halogens is 5. The van der Waals surface area contributed by atoms with E-state index in [-0.39, 0.29) is 46.1 Å². The third-order valence-corrected chi connectivity index (χ3v) is 3.61. The maximum absolute atomic E-state index is 13.8. The number of hydrogen-bond acceptors (Lipinski definition) is 1. The Hall–Kier alpha value is 0.714. The molecule has 0 aromatic heterocycles. The molecule has 0 bridgehead atoms. The summed E-state index contributed by atoms with van der Waals surface area (Å²) in [7, 11) is 0. The average molecular weight is 349 g/mol. The number of hydrogen-bond donors (Lipinski definition) is 1. The fourth-order valence-corrected chi connectivity index (χ4v) is 2.53. The Morgan fingerprint density at radius 3 is 2.11 bits per heavy atom. The van der Waals surface area contributed by atoms with Crippen molar-refractivity contribution in [2.75, 3.05) is 0 Å². The molecule has 1 rings (SSSR count). The maximum Gasteiger partial charge on any atom is 0.287 e. The molecule has 0 saturated heterocycles. The first-order valence-electron chi connectivity index (χ1n) is 5.57. The van der Waals surface area contributed by atoms with E-state index in [1.165, 1.54) is 6.92 Å². The first-order valence-corrected chi connectivity index (χ1v) is 5.57. The van der Waals surface area contributed by atoms with Gasteiger partial charge in [-0.3, -0.25) is 0 Å². The Kier molecular flexibility index (Phi) is 5.83. The molecule has 0 aromatic carbocycles. The molecule has 1 aliphatic rings. The molecule has 0 amide bonds. The van der Waals surface area contributed by atoms with Gasteiger partial charge >= 0.3 is 0 Å². The fraction of sp³-hybridized carbons (Fsp3) is 1.00. The Labute approximate surface area is 128 Å². The molecular weight excluding hydrogens is 332 g/mol. The molecule has 1 radical (unpaired) electrons. The molecule has 4 unspecified atom stereocenters. The zero-order valence-electron chi connectivity index (χ0n) is 10.6. The zero-order chi connectivity index (χ0) is 13.6. The minimum Gasteiger partial charge on any atom is -0.384 e. The molecule has 0 spiro atoms. The first-order chi connectivity index (χ1) is 7.45. The van der Waals surface area contributed by atoms with E-state index in [0.29, 0.717) is 0 Å². The molecule has 4 atom stereocenters. The van der Waals surface area contributed by atoms with Gasteiger partial charge in [0.1, 0.15) is 17.7 Å². The van der Waals surface area contributed by atoms with Crippen molar-refractivity contribution in [3.63, 3.8) is 0 Å². The minimum absolute atomic E-state index is 0. The van der Waals surface area contributed by atoms with Crippen LogP contribution in [0.3, 0.4) is 0 Å². The monoisotopic (exact) mass is 349 g/mol. The smallest absolute Gasteiger partial charge is 0.287 e. The molecule has 0 aromatic rings. The summed E-state index contributed by atoms with van der Waals surface area (Å²) in [5.74, 6) is -11.8. The second-order valence-electron chi connectivity index (χ2n) is 5.15. The second-order valence-corrected chi connectivity index (χ2v) is 5.15. The van der Waals surface area contributed by atoms with E-state index in [1.54, 1.807) is 0 Å². The standard InChI is InChI=1S/C11H17F5O.Y/c1-4-6-5-9(2,17)11(15,16)8(7(6)12)10(3,13)14;/h6-8,17H,4-5H2,1-3H3;. The molecule has 18 heavy (non-hydrogen) atoms. The summed E-state index contributed by atoms with van der Waals surface area (Å²) in [4.78, 5) is 0. The summed E-state index contributed by atoms with van der Waals surface area (Å²) in [6.45, 7) is 2.59. The SMILES string of the molecule is CCC1CC(C)(O)C(F)(F)C(C(C)(F)F)C1F.[Y]. The van der Waals surface area contributed by atoms with Gasteiger partial charge in [0, 0.05) is 32.7 Å². The quantitative estimate of drug-likeness (QED) is 0.758. The van der Waals surface area contributed by atoms with E-state index in [4.69, 9.17) is 0 Å². The van der Waals surface area contributed by atoms with E-state index < -0.39 is 41.9 Å². The van der Waals surface area contributed by atoms with Crippen LogP contribution in [0.5, 0.6) is 0 Å². The topological polar surface area (TPSA) is 20.2 Å². The van der Waals surface area contributed by atoms with Crippen LogP contribution in [0, 0.1) is 11.8 Å². The van der Waals surface area contributed by atoms with Crippen molar-refractivity contribution < 1.29 is 59.8 Å². The van der Waals surface area contributed by atoms with Crippen molar-refractivity contribution in [3.8, 4) is 0 Å². The van der Waals surface area contributed by atoms with Crippen molar-refractivity contribution in [2.24, 2.45) is 11.8 Å². The summed E-state index contributed by atoms with van der Waals surface area (Å²) in [5.41, 5.74) is -2.60. The van der Waals surface area contributed by atoms with Crippen LogP contribution in [0.1, 0.15) is 33.6 Å². The van der Waals surface area contributed by atoms with Crippen molar-refractivity contribution in [2.45, 2.75) is 57.2 Å². The molecule has 7 heteroatoms. The van der Waals surface area contributed by atoms with Crippen LogP contribution in [-0.4, -0.2) is 28.7 Å². The van der Waals surface area contributed by atoms with E-state index in [2.05, 4.69) is 0 Å². The van der Waals surface area contributed by atoms with Crippen LogP contribution < -0.4 is 0 Å². The predicted molar refractivity (Wildman–Crippen MR) is 53.0 cm³/mol. The molecule has 0 heterocycles. The van der Waals surface area contributed by atoms with Crippen molar-refractivity contribution in [1.29, 1.82) is 0 Å². The van der Waals surface area contributed by atoms with E-state index in [9.17, 15) is 27.1 Å². The normalized spacial score (nSPS) is 40.2. The second kappa shape index (κ2) is 5.60. The van der Waals surface area contributed by atoms with Crippen LogP contribution in [0.4, 0.5) is 22.0 Å². The first kappa shape index (κ1) is 18.7. The van der Waals surface area contributed by atoms with Gasteiger partial charge < -0.3 is 5.11 Å². The van der Waals surface area contributed by atoms with Gasteiger partial charge in [0.05, 0.1) is 0 Å². The van der Waals surface area contributed by atoms with Crippen LogP contribution in [0.2, 0.25) is 0 Å². The molecular formula is C11H17F5OY. The number of rotatable bonds is 2. The van der Waals surface area contributed by atoms with Crippen molar-refractivity contribution in [3.05, 3.63) is 0 Å². The Morgan fingerprint density at radius 2 is 1.78 bits per heavy atom. The van der Waals surface area contributed by atoms with Gasteiger partial charge in [0.25, 0.3) is 11.8 Å². The zero-order valence-corrected chi connectivity index (χ0v) is 13.4. The van der Waals surface area contributed by atoms with Crippen molar-refractivity contribution >= 4 is 0 Å². The number of aliphatic hydroxyl groups is 1.